The van der Waals surface area contributed by atoms with Crippen LogP contribution in [0.5, 0.6) is 0 Å². The van der Waals surface area contributed by atoms with Gasteiger partial charge in [-0.25, -0.2) is 0 Å². The predicted molar refractivity (Wildman–Crippen MR) is 60.9 cm³/mol. The zero-order valence-corrected chi connectivity index (χ0v) is 9.16. The van der Waals surface area contributed by atoms with Gasteiger partial charge in [0.15, 0.2) is 0 Å². The first-order valence-corrected chi connectivity index (χ1v) is 5.26. The zero-order chi connectivity index (χ0) is 11.0. The second kappa shape index (κ2) is 3.66. The lowest BCUT2D eigenvalue weighted by molar-refractivity contribution is -0.119. The summed E-state index contributed by atoms with van der Waals surface area (Å²) in [7, 11) is 0. The number of nitrogens with zero attached hydrogens (tertiary/aromatic N) is 1. The molecule has 1 unspecified atom stereocenters. The Labute approximate surface area is 89.9 Å². The van der Waals surface area contributed by atoms with Crippen LogP contribution < -0.4 is 10.6 Å². The maximum atomic E-state index is 11.8. The standard InChI is InChI=1S/C12H16N2O/c1-8-3-4-11-10(7-8)5-6-14(11)12(15)9(2)13/h3-4,7,9H,5-6,13H2,1-2H3. The number of amides is 1. The summed E-state index contributed by atoms with van der Waals surface area (Å²) in [4.78, 5) is 13.6. The molecule has 0 spiro atoms. The summed E-state index contributed by atoms with van der Waals surface area (Å²) in [5, 5.41) is 0. The van der Waals surface area contributed by atoms with Crippen LogP contribution in [0.25, 0.3) is 0 Å². The highest BCUT2D eigenvalue weighted by Crippen LogP contribution is 2.28. The number of fused-ring (bicyclic) bond motifs is 1. The number of carbonyl (C=O) groups excluding carboxylic acids is 1. The van der Waals surface area contributed by atoms with Crippen LogP contribution in [0, 0.1) is 6.92 Å². The predicted octanol–water partition coefficient (Wildman–Crippen LogP) is 1.23. The van der Waals surface area contributed by atoms with E-state index in [-0.39, 0.29) is 5.91 Å². The van der Waals surface area contributed by atoms with Crippen LogP contribution in [0.4, 0.5) is 5.69 Å². The van der Waals surface area contributed by atoms with E-state index in [1.165, 1.54) is 11.1 Å². The van der Waals surface area contributed by atoms with Crippen molar-refractivity contribution in [3.8, 4) is 0 Å². The number of hydrogen-bond acceptors (Lipinski definition) is 2. The minimum atomic E-state index is -0.419. The van der Waals surface area contributed by atoms with Crippen LogP contribution in [0.3, 0.4) is 0 Å². The summed E-state index contributed by atoms with van der Waals surface area (Å²) < 4.78 is 0. The Morgan fingerprint density at radius 3 is 2.93 bits per heavy atom. The zero-order valence-electron chi connectivity index (χ0n) is 9.16. The van der Waals surface area contributed by atoms with Gasteiger partial charge in [0.2, 0.25) is 5.91 Å². The third-order valence-electron chi connectivity index (χ3n) is 2.79. The summed E-state index contributed by atoms with van der Waals surface area (Å²) in [5.74, 6) is 0.0117. The topological polar surface area (TPSA) is 46.3 Å². The Bertz CT molecular complexity index is 399. The van der Waals surface area contributed by atoms with Crippen LogP contribution in [0.2, 0.25) is 0 Å². The number of aryl methyl sites for hydroxylation is 1. The van der Waals surface area contributed by atoms with E-state index in [9.17, 15) is 4.79 Å². The van der Waals surface area contributed by atoms with E-state index in [0.717, 1.165) is 18.7 Å². The lowest BCUT2D eigenvalue weighted by atomic mass is 10.1. The minimum absolute atomic E-state index is 0.0117. The van der Waals surface area contributed by atoms with Gasteiger partial charge in [-0.3, -0.25) is 4.79 Å². The molecule has 0 bridgehead atoms. The maximum absolute atomic E-state index is 11.8. The SMILES string of the molecule is Cc1ccc2c(c1)CCN2C(=O)C(C)N. The van der Waals surface area contributed by atoms with E-state index in [0.29, 0.717) is 0 Å². The monoisotopic (exact) mass is 204 g/mol. The molecule has 3 heteroatoms. The van der Waals surface area contributed by atoms with E-state index >= 15 is 0 Å². The molecule has 1 atom stereocenters. The van der Waals surface area contributed by atoms with Crippen molar-refractivity contribution in [2.24, 2.45) is 5.73 Å². The molecular formula is C12H16N2O. The van der Waals surface area contributed by atoms with Gasteiger partial charge in [-0.15, -0.1) is 0 Å². The van der Waals surface area contributed by atoms with Crippen molar-refractivity contribution in [3.05, 3.63) is 29.3 Å². The molecule has 1 aliphatic heterocycles. The van der Waals surface area contributed by atoms with Crippen LogP contribution >= 0.6 is 0 Å². The molecule has 1 aliphatic rings. The number of benzene rings is 1. The van der Waals surface area contributed by atoms with Gasteiger partial charge >= 0.3 is 0 Å². The van der Waals surface area contributed by atoms with Crippen molar-refractivity contribution in [1.29, 1.82) is 0 Å². The summed E-state index contributed by atoms with van der Waals surface area (Å²) in [5.41, 5.74) is 9.14. The van der Waals surface area contributed by atoms with Gasteiger partial charge in [0, 0.05) is 12.2 Å². The van der Waals surface area contributed by atoms with Gasteiger partial charge in [0.05, 0.1) is 6.04 Å². The number of hydrogen-bond donors (Lipinski definition) is 1. The molecule has 0 saturated heterocycles. The van der Waals surface area contributed by atoms with Gasteiger partial charge in [-0.05, 0) is 31.9 Å². The molecule has 1 aromatic carbocycles. The molecule has 2 N–H and O–H groups in total. The molecule has 1 amide bonds. The summed E-state index contributed by atoms with van der Waals surface area (Å²) in [6.07, 6.45) is 0.940. The van der Waals surface area contributed by atoms with E-state index in [1.807, 2.05) is 12.1 Å². The lowest BCUT2D eigenvalue weighted by Gasteiger charge is -2.19. The molecule has 0 saturated carbocycles. The molecule has 0 radical (unpaired) electrons. The Hall–Kier alpha value is -1.35. The van der Waals surface area contributed by atoms with Gasteiger partial charge in [0.1, 0.15) is 0 Å². The second-order valence-electron chi connectivity index (χ2n) is 4.16. The van der Waals surface area contributed by atoms with Crippen LogP contribution in [-0.4, -0.2) is 18.5 Å². The molecule has 80 valence electrons. The number of nitrogens with two attached hydrogens (primary N) is 1. The molecular weight excluding hydrogens is 188 g/mol. The fourth-order valence-corrected chi connectivity index (χ4v) is 2.01. The van der Waals surface area contributed by atoms with Crippen molar-refractivity contribution in [3.63, 3.8) is 0 Å². The third-order valence-corrected chi connectivity index (χ3v) is 2.79. The van der Waals surface area contributed by atoms with Crippen LogP contribution in [0.1, 0.15) is 18.1 Å². The molecule has 15 heavy (non-hydrogen) atoms. The lowest BCUT2D eigenvalue weighted by Crippen LogP contribution is -2.41. The fraction of sp³-hybridized carbons (Fsp3) is 0.417. The Morgan fingerprint density at radius 1 is 1.53 bits per heavy atom. The second-order valence-corrected chi connectivity index (χ2v) is 4.16. The van der Waals surface area contributed by atoms with E-state index in [2.05, 4.69) is 13.0 Å². The smallest absolute Gasteiger partial charge is 0.243 e. The fourth-order valence-electron chi connectivity index (χ4n) is 2.01. The van der Waals surface area contributed by atoms with E-state index in [4.69, 9.17) is 5.73 Å². The van der Waals surface area contributed by atoms with Crippen LogP contribution in [0.15, 0.2) is 18.2 Å². The summed E-state index contributed by atoms with van der Waals surface area (Å²) >= 11 is 0. The molecule has 0 fully saturated rings. The first-order chi connectivity index (χ1) is 7.09. The molecule has 1 heterocycles. The maximum Gasteiger partial charge on any atom is 0.243 e. The summed E-state index contributed by atoms with van der Waals surface area (Å²) in [6.45, 7) is 4.56. The Balaban J connectivity index is 2.33. The normalized spacial score (nSPS) is 16.3. The van der Waals surface area contributed by atoms with Crippen molar-refractivity contribution < 1.29 is 4.79 Å². The number of rotatable bonds is 1. The summed E-state index contributed by atoms with van der Waals surface area (Å²) in [6, 6.07) is 5.77. The van der Waals surface area contributed by atoms with Gasteiger partial charge < -0.3 is 10.6 Å². The first-order valence-electron chi connectivity index (χ1n) is 5.26. The molecule has 1 aromatic rings. The highest BCUT2D eigenvalue weighted by Gasteiger charge is 2.26. The van der Waals surface area contributed by atoms with E-state index < -0.39 is 6.04 Å². The van der Waals surface area contributed by atoms with Gasteiger partial charge in [-0.1, -0.05) is 17.7 Å². The van der Waals surface area contributed by atoms with Crippen molar-refractivity contribution >= 4 is 11.6 Å². The van der Waals surface area contributed by atoms with Gasteiger partial charge in [0.25, 0.3) is 0 Å². The minimum Gasteiger partial charge on any atom is -0.320 e. The average molecular weight is 204 g/mol. The highest BCUT2D eigenvalue weighted by atomic mass is 16.2. The molecule has 0 aliphatic carbocycles. The van der Waals surface area contributed by atoms with Crippen molar-refractivity contribution in [2.45, 2.75) is 26.3 Å². The van der Waals surface area contributed by atoms with Gasteiger partial charge in [-0.2, -0.15) is 0 Å². The Morgan fingerprint density at radius 2 is 2.27 bits per heavy atom. The number of anilines is 1. The van der Waals surface area contributed by atoms with Crippen LogP contribution in [-0.2, 0) is 11.2 Å². The molecule has 3 nitrogen and oxygen atoms in total. The molecule has 0 aromatic heterocycles. The van der Waals surface area contributed by atoms with Crippen molar-refractivity contribution in [1.82, 2.24) is 0 Å². The molecule has 2 rings (SSSR count). The first kappa shape index (κ1) is 10.2. The average Bonchev–Trinajstić information content (AvgIpc) is 2.59. The van der Waals surface area contributed by atoms with E-state index in [1.54, 1.807) is 11.8 Å². The number of carbonyl (C=O) groups is 1. The Kier molecular flexibility index (Phi) is 2.49. The quantitative estimate of drug-likeness (QED) is 0.748. The van der Waals surface area contributed by atoms with Crippen molar-refractivity contribution in [2.75, 3.05) is 11.4 Å². The third kappa shape index (κ3) is 1.75. The largest absolute Gasteiger partial charge is 0.320 e. The highest BCUT2D eigenvalue weighted by molar-refractivity contribution is 5.98.